The molecule has 0 amide bonds. The number of nitrogens with zero attached hydrogens (tertiary/aromatic N) is 1. The Hall–Kier alpha value is -6.90. The molecule has 8 aromatic carbocycles. The lowest BCUT2D eigenvalue weighted by atomic mass is 9.95. The summed E-state index contributed by atoms with van der Waals surface area (Å²) >= 11 is 0. The number of hydrogen-bond acceptors (Lipinski definition) is 2. The van der Waals surface area contributed by atoms with E-state index in [1.807, 2.05) is 18.2 Å². The van der Waals surface area contributed by atoms with E-state index in [2.05, 4.69) is 199 Å². The van der Waals surface area contributed by atoms with Crippen LogP contribution in [0.5, 0.6) is 0 Å². The summed E-state index contributed by atoms with van der Waals surface area (Å²) in [5.74, 6) is 0.878. The van der Waals surface area contributed by atoms with E-state index in [0.717, 1.165) is 61.6 Å². The van der Waals surface area contributed by atoms with Crippen LogP contribution in [0, 0.1) is 0 Å². The monoisotopic (exact) mass is 665 g/mol. The molecule has 2 nitrogen and oxygen atoms in total. The summed E-state index contributed by atoms with van der Waals surface area (Å²) in [7, 11) is 0. The molecule has 0 aliphatic heterocycles. The van der Waals surface area contributed by atoms with Gasteiger partial charge in [-0.1, -0.05) is 176 Å². The van der Waals surface area contributed by atoms with Crippen molar-refractivity contribution in [1.82, 2.24) is 0 Å². The molecule has 9 aromatic rings. The van der Waals surface area contributed by atoms with Gasteiger partial charge in [-0.2, -0.15) is 0 Å². The maximum atomic E-state index is 6.26. The highest BCUT2D eigenvalue weighted by Gasteiger charge is 2.20. The van der Waals surface area contributed by atoms with Gasteiger partial charge in [0.05, 0.1) is 11.4 Å². The molecule has 0 aliphatic carbocycles. The van der Waals surface area contributed by atoms with Crippen LogP contribution in [0.2, 0.25) is 0 Å². The van der Waals surface area contributed by atoms with Crippen molar-refractivity contribution >= 4 is 28.0 Å². The third-order valence-electron chi connectivity index (χ3n) is 9.73. The Morgan fingerprint density at radius 2 is 0.731 bits per heavy atom. The summed E-state index contributed by atoms with van der Waals surface area (Å²) in [6, 6.07) is 75.2. The molecular weight excluding hydrogens is 631 g/mol. The Balaban J connectivity index is 1.09. The quantitative estimate of drug-likeness (QED) is 0.161. The Morgan fingerprint density at radius 3 is 1.31 bits per heavy atom. The van der Waals surface area contributed by atoms with Crippen molar-refractivity contribution in [2.75, 3.05) is 4.90 Å². The SMILES string of the molecule is c1ccc(-c2ccccc2N(c2ccc(-c3ccc(-c4ccccc4-c4cc5ccccc5o4)cc3)cc2)c2ccccc2-c2ccccc2)cc1. The minimum atomic E-state index is 0.878. The molecule has 0 aliphatic rings. The molecule has 1 heterocycles. The maximum Gasteiger partial charge on any atom is 0.136 e. The fourth-order valence-electron chi connectivity index (χ4n) is 7.18. The smallest absolute Gasteiger partial charge is 0.136 e. The predicted molar refractivity (Wildman–Crippen MR) is 218 cm³/mol. The van der Waals surface area contributed by atoms with E-state index in [9.17, 15) is 0 Å². The predicted octanol–water partition coefficient (Wildman–Crippen LogP) is 14.2. The molecular formula is C50H35NO. The van der Waals surface area contributed by atoms with Gasteiger partial charge in [0.1, 0.15) is 11.3 Å². The van der Waals surface area contributed by atoms with Gasteiger partial charge in [0.15, 0.2) is 0 Å². The molecule has 0 radical (unpaired) electrons. The van der Waals surface area contributed by atoms with Gasteiger partial charge in [0.2, 0.25) is 0 Å². The molecule has 9 rings (SSSR count). The minimum Gasteiger partial charge on any atom is -0.456 e. The number of furan rings is 1. The summed E-state index contributed by atoms with van der Waals surface area (Å²) in [5.41, 5.74) is 14.7. The van der Waals surface area contributed by atoms with E-state index in [4.69, 9.17) is 4.42 Å². The fraction of sp³-hybridized carbons (Fsp3) is 0. The lowest BCUT2D eigenvalue weighted by Gasteiger charge is -2.30. The molecule has 0 atom stereocenters. The Bertz CT molecular complexity index is 2490. The zero-order valence-corrected chi connectivity index (χ0v) is 28.6. The van der Waals surface area contributed by atoms with Gasteiger partial charge in [-0.25, -0.2) is 0 Å². The third kappa shape index (κ3) is 5.97. The standard InChI is InChI=1S/C50H35NO/c1-3-15-38(16-4-1)44-21-10-12-24-47(44)51(48-25-13-11-22-45(48)39-17-5-2-6-18-39)42-33-31-37(32-34-42)36-27-29-40(30-28-36)43-20-8-9-23-46(43)50-35-41-19-7-14-26-49(41)52-50/h1-35H. The maximum absolute atomic E-state index is 6.26. The molecule has 246 valence electrons. The van der Waals surface area contributed by atoms with Crippen LogP contribution in [0.25, 0.3) is 66.8 Å². The number of benzene rings is 8. The third-order valence-corrected chi connectivity index (χ3v) is 9.73. The summed E-state index contributed by atoms with van der Waals surface area (Å²) in [6.07, 6.45) is 0. The molecule has 0 fully saturated rings. The number of fused-ring (bicyclic) bond motifs is 1. The summed E-state index contributed by atoms with van der Waals surface area (Å²) in [5, 5.41) is 1.11. The van der Waals surface area contributed by atoms with Crippen molar-refractivity contribution in [2.45, 2.75) is 0 Å². The second-order valence-corrected chi connectivity index (χ2v) is 12.9. The van der Waals surface area contributed by atoms with Crippen molar-refractivity contribution in [3.63, 3.8) is 0 Å². The van der Waals surface area contributed by atoms with E-state index in [1.54, 1.807) is 0 Å². The van der Waals surface area contributed by atoms with Crippen molar-refractivity contribution < 1.29 is 4.42 Å². The molecule has 52 heavy (non-hydrogen) atoms. The van der Waals surface area contributed by atoms with Crippen LogP contribution in [0.1, 0.15) is 0 Å². The van der Waals surface area contributed by atoms with Crippen LogP contribution in [0.4, 0.5) is 17.1 Å². The van der Waals surface area contributed by atoms with Crippen molar-refractivity contribution in [2.24, 2.45) is 0 Å². The van der Waals surface area contributed by atoms with Crippen molar-refractivity contribution in [3.8, 4) is 55.8 Å². The number of anilines is 3. The molecule has 0 unspecified atom stereocenters. The van der Waals surface area contributed by atoms with E-state index in [1.165, 1.54) is 22.3 Å². The van der Waals surface area contributed by atoms with Crippen LogP contribution in [-0.4, -0.2) is 0 Å². The first-order valence-electron chi connectivity index (χ1n) is 17.7. The summed E-state index contributed by atoms with van der Waals surface area (Å²) in [4.78, 5) is 2.40. The molecule has 0 saturated heterocycles. The van der Waals surface area contributed by atoms with Crippen molar-refractivity contribution in [3.05, 3.63) is 212 Å². The first-order chi connectivity index (χ1) is 25.8. The molecule has 1 aromatic heterocycles. The van der Waals surface area contributed by atoms with Crippen LogP contribution < -0.4 is 4.90 Å². The first-order valence-corrected chi connectivity index (χ1v) is 17.7. The number of para-hydroxylation sites is 3. The Labute approximate surface area is 304 Å². The van der Waals surface area contributed by atoms with Crippen LogP contribution in [0.15, 0.2) is 217 Å². The van der Waals surface area contributed by atoms with E-state index >= 15 is 0 Å². The van der Waals surface area contributed by atoms with Crippen LogP contribution >= 0.6 is 0 Å². The Kier molecular flexibility index (Phi) is 8.24. The average molecular weight is 666 g/mol. The number of hydrogen-bond donors (Lipinski definition) is 0. The molecule has 0 saturated carbocycles. The van der Waals surface area contributed by atoms with Crippen molar-refractivity contribution in [1.29, 1.82) is 0 Å². The normalized spacial score (nSPS) is 11.1. The van der Waals surface area contributed by atoms with Gasteiger partial charge in [-0.3, -0.25) is 0 Å². The second kappa shape index (κ2) is 13.8. The van der Waals surface area contributed by atoms with Gasteiger partial charge >= 0.3 is 0 Å². The van der Waals surface area contributed by atoms with Gasteiger partial charge in [-0.05, 0) is 69.8 Å². The second-order valence-electron chi connectivity index (χ2n) is 12.9. The van der Waals surface area contributed by atoms with Gasteiger partial charge in [0, 0.05) is 27.8 Å². The first kappa shape index (κ1) is 31.1. The molecule has 0 N–H and O–H groups in total. The summed E-state index contributed by atoms with van der Waals surface area (Å²) in [6.45, 7) is 0. The molecule has 0 spiro atoms. The van der Waals surface area contributed by atoms with Gasteiger partial charge in [-0.15, -0.1) is 0 Å². The van der Waals surface area contributed by atoms with Crippen LogP contribution in [-0.2, 0) is 0 Å². The topological polar surface area (TPSA) is 16.4 Å². The summed E-state index contributed by atoms with van der Waals surface area (Å²) < 4.78 is 6.26. The number of rotatable bonds is 8. The Morgan fingerprint density at radius 1 is 0.308 bits per heavy atom. The van der Waals surface area contributed by atoms with E-state index in [0.29, 0.717) is 0 Å². The highest BCUT2D eigenvalue weighted by Crippen LogP contribution is 2.45. The van der Waals surface area contributed by atoms with E-state index < -0.39 is 0 Å². The lowest BCUT2D eigenvalue weighted by molar-refractivity contribution is 0.632. The minimum absolute atomic E-state index is 0.878. The fourth-order valence-corrected chi connectivity index (χ4v) is 7.18. The van der Waals surface area contributed by atoms with Gasteiger partial charge < -0.3 is 9.32 Å². The zero-order chi connectivity index (χ0) is 34.7. The van der Waals surface area contributed by atoms with Gasteiger partial charge in [0.25, 0.3) is 0 Å². The lowest BCUT2D eigenvalue weighted by Crippen LogP contribution is -2.12. The highest BCUT2D eigenvalue weighted by molar-refractivity contribution is 5.94. The highest BCUT2D eigenvalue weighted by atomic mass is 16.3. The molecule has 2 heteroatoms. The van der Waals surface area contributed by atoms with E-state index in [-0.39, 0.29) is 0 Å². The molecule has 0 bridgehead atoms. The zero-order valence-electron chi connectivity index (χ0n) is 28.6. The van der Waals surface area contributed by atoms with Crippen LogP contribution in [0.3, 0.4) is 0 Å². The largest absolute Gasteiger partial charge is 0.456 e. The average Bonchev–Trinajstić information content (AvgIpc) is 3.67.